The molecule has 6 nitrogen and oxygen atoms in total. The molecule has 0 bridgehead atoms. The molecule has 33 heavy (non-hydrogen) atoms. The Balaban J connectivity index is 0.000000383. The highest BCUT2D eigenvalue weighted by molar-refractivity contribution is 6.00. The van der Waals surface area contributed by atoms with Crippen molar-refractivity contribution in [3.8, 4) is 11.1 Å². The number of nitrogens with one attached hydrogen (secondary N) is 1. The van der Waals surface area contributed by atoms with Crippen LogP contribution in [0.4, 0.5) is 24.5 Å². The largest absolute Gasteiger partial charge is 0.490 e. The molecule has 168 valence electrons. The van der Waals surface area contributed by atoms with E-state index >= 15 is 0 Å². The highest BCUT2D eigenvalue weighted by atomic mass is 19.4. The molecule has 0 aliphatic carbocycles. The fourth-order valence-corrected chi connectivity index (χ4v) is 3.02. The number of carboxylic acid groups (broad SMARTS) is 2. The monoisotopic (exact) mass is 454 g/mol. The maximum Gasteiger partial charge on any atom is 0.490 e. The molecule has 0 aliphatic heterocycles. The summed E-state index contributed by atoms with van der Waals surface area (Å²) < 4.78 is 31.7. The summed E-state index contributed by atoms with van der Waals surface area (Å²) in [6, 6.07) is 23.0. The third-order valence-electron chi connectivity index (χ3n) is 4.55. The zero-order valence-corrected chi connectivity index (χ0v) is 16.9. The van der Waals surface area contributed by atoms with Gasteiger partial charge in [0.1, 0.15) is 0 Å². The quantitative estimate of drug-likeness (QED) is 0.351. The van der Waals surface area contributed by atoms with Crippen molar-refractivity contribution >= 4 is 34.1 Å². The van der Waals surface area contributed by atoms with E-state index in [1.54, 1.807) is 18.5 Å². The number of carboxylic acids is 2. The average Bonchev–Trinajstić information content (AvgIpc) is 2.79. The number of hydrogen-bond donors (Lipinski definition) is 3. The fraction of sp³-hybridized carbons (Fsp3) is 0.0417. The van der Waals surface area contributed by atoms with Gasteiger partial charge in [0.15, 0.2) is 0 Å². The highest BCUT2D eigenvalue weighted by Crippen LogP contribution is 2.31. The third kappa shape index (κ3) is 5.85. The van der Waals surface area contributed by atoms with Gasteiger partial charge < -0.3 is 15.5 Å². The van der Waals surface area contributed by atoms with E-state index in [9.17, 15) is 23.1 Å². The van der Waals surface area contributed by atoms with Crippen molar-refractivity contribution < 1.29 is 33.0 Å². The van der Waals surface area contributed by atoms with Crippen LogP contribution >= 0.6 is 0 Å². The zero-order valence-electron chi connectivity index (χ0n) is 16.9. The minimum Gasteiger partial charge on any atom is -0.478 e. The van der Waals surface area contributed by atoms with Crippen molar-refractivity contribution in [2.75, 3.05) is 5.32 Å². The van der Waals surface area contributed by atoms with Gasteiger partial charge in [-0.1, -0.05) is 48.5 Å². The van der Waals surface area contributed by atoms with Crippen LogP contribution in [0.25, 0.3) is 21.9 Å². The number of nitrogens with zero attached hydrogens (tertiary/aromatic N) is 1. The molecule has 0 saturated carbocycles. The Labute approximate surface area is 186 Å². The second kappa shape index (κ2) is 9.82. The maximum atomic E-state index is 11.7. The Hall–Kier alpha value is -4.40. The van der Waals surface area contributed by atoms with Crippen molar-refractivity contribution in [1.29, 1.82) is 0 Å². The summed E-state index contributed by atoms with van der Waals surface area (Å²) in [4.78, 5) is 24.7. The Morgan fingerprint density at radius 2 is 1.52 bits per heavy atom. The van der Waals surface area contributed by atoms with E-state index in [0.29, 0.717) is 5.69 Å². The van der Waals surface area contributed by atoms with Gasteiger partial charge in [0.05, 0.1) is 11.3 Å². The van der Waals surface area contributed by atoms with Gasteiger partial charge in [0.25, 0.3) is 0 Å². The first-order chi connectivity index (χ1) is 15.7. The summed E-state index contributed by atoms with van der Waals surface area (Å²) in [5, 5.41) is 22.0. The standard InChI is InChI=1S/C22H16N2O2.C2HF3O2/c25-22(26)19-10-9-16(15-5-2-1-3-6-15)13-21(19)24-20-8-4-7-17-14-23-12-11-18(17)20;3-2(4,5)1(6)7/h1-14,24H,(H,25,26);(H,6,7). The molecule has 4 aromatic rings. The van der Waals surface area contributed by atoms with Gasteiger partial charge in [0.2, 0.25) is 0 Å². The molecule has 0 atom stereocenters. The smallest absolute Gasteiger partial charge is 0.478 e. The maximum absolute atomic E-state index is 11.7. The van der Waals surface area contributed by atoms with Crippen LogP contribution < -0.4 is 5.32 Å². The summed E-state index contributed by atoms with van der Waals surface area (Å²) in [6.07, 6.45) is -1.56. The van der Waals surface area contributed by atoms with E-state index < -0.39 is 18.1 Å². The molecule has 9 heteroatoms. The summed E-state index contributed by atoms with van der Waals surface area (Å²) in [5.74, 6) is -3.72. The van der Waals surface area contributed by atoms with Crippen LogP contribution in [0.5, 0.6) is 0 Å². The van der Waals surface area contributed by atoms with Gasteiger partial charge in [-0.25, -0.2) is 9.59 Å². The lowest BCUT2D eigenvalue weighted by Gasteiger charge is -2.14. The molecular weight excluding hydrogens is 437 g/mol. The number of pyridine rings is 1. The Morgan fingerprint density at radius 1 is 0.818 bits per heavy atom. The lowest BCUT2D eigenvalue weighted by atomic mass is 10.0. The second-order valence-electron chi connectivity index (χ2n) is 6.76. The number of benzene rings is 3. The van der Waals surface area contributed by atoms with E-state index in [2.05, 4.69) is 10.3 Å². The van der Waals surface area contributed by atoms with E-state index in [1.807, 2.05) is 66.7 Å². The minimum absolute atomic E-state index is 0.232. The highest BCUT2D eigenvalue weighted by Gasteiger charge is 2.38. The molecule has 0 fully saturated rings. The van der Waals surface area contributed by atoms with E-state index in [1.165, 1.54) is 0 Å². The number of alkyl halides is 3. The zero-order chi connectivity index (χ0) is 24.0. The van der Waals surface area contributed by atoms with Crippen LogP contribution in [0.15, 0.2) is 85.2 Å². The molecule has 0 unspecified atom stereocenters. The number of fused-ring (bicyclic) bond motifs is 1. The molecule has 0 saturated heterocycles. The normalized spacial score (nSPS) is 10.8. The summed E-state index contributed by atoms with van der Waals surface area (Å²) in [6.45, 7) is 0. The number of halogens is 3. The lowest BCUT2D eigenvalue weighted by molar-refractivity contribution is -0.192. The van der Waals surface area contributed by atoms with E-state index in [4.69, 9.17) is 9.90 Å². The molecule has 3 N–H and O–H groups in total. The number of rotatable bonds is 4. The SMILES string of the molecule is O=C(O)C(F)(F)F.O=C(O)c1ccc(-c2ccccc2)cc1Nc1cccc2cnccc12. The van der Waals surface area contributed by atoms with E-state index in [-0.39, 0.29) is 5.56 Å². The Kier molecular flexibility index (Phi) is 6.92. The van der Waals surface area contributed by atoms with Gasteiger partial charge in [0, 0.05) is 28.9 Å². The minimum atomic E-state index is -5.08. The number of anilines is 2. The van der Waals surface area contributed by atoms with Crippen LogP contribution in [-0.4, -0.2) is 33.3 Å². The number of aliphatic carboxylic acids is 1. The summed E-state index contributed by atoms with van der Waals surface area (Å²) in [7, 11) is 0. The van der Waals surface area contributed by atoms with Crippen LogP contribution in [0.2, 0.25) is 0 Å². The number of hydrogen-bond acceptors (Lipinski definition) is 4. The first-order valence-electron chi connectivity index (χ1n) is 9.49. The number of carbonyl (C=O) groups is 2. The number of aromatic nitrogens is 1. The predicted octanol–water partition coefficient (Wildman–Crippen LogP) is 5.98. The first-order valence-corrected chi connectivity index (χ1v) is 9.49. The first kappa shape index (κ1) is 23.3. The molecule has 1 aromatic heterocycles. The van der Waals surface area contributed by atoms with Crippen LogP contribution in [0.3, 0.4) is 0 Å². The van der Waals surface area contributed by atoms with Crippen LogP contribution in [0, 0.1) is 0 Å². The molecule has 4 rings (SSSR count). The predicted molar refractivity (Wildman–Crippen MR) is 118 cm³/mol. The fourth-order valence-electron chi connectivity index (χ4n) is 3.02. The summed E-state index contributed by atoms with van der Waals surface area (Å²) in [5.41, 5.74) is 3.63. The topological polar surface area (TPSA) is 99.5 Å². The summed E-state index contributed by atoms with van der Waals surface area (Å²) >= 11 is 0. The van der Waals surface area contributed by atoms with E-state index in [0.717, 1.165) is 27.6 Å². The molecule has 0 aliphatic rings. The van der Waals surface area contributed by atoms with Gasteiger partial charge in [-0.05, 0) is 35.4 Å². The van der Waals surface area contributed by atoms with Crippen molar-refractivity contribution in [3.05, 3.63) is 90.8 Å². The third-order valence-corrected chi connectivity index (χ3v) is 4.55. The molecular formula is C24H17F3N2O4. The number of aromatic carboxylic acids is 1. The van der Waals surface area contributed by atoms with Crippen molar-refractivity contribution in [2.24, 2.45) is 0 Å². The average molecular weight is 454 g/mol. The van der Waals surface area contributed by atoms with Crippen molar-refractivity contribution in [2.45, 2.75) is 6.18 Å². The Morgan fingerprint density at radius 3 is 2.15 bits per heavy atom. The van der Waals surface area contributed by atoms with Crippen LogP contribution in [-0.2, 0) is 4.79 Å². The molecule has 1 heterocycles. The molecule has 0 spiro atoms. The van der Waals surface area contributed by atoms with Crippen molar-refractivity contribution in [3.63, 3.8) is 0 Å². The lowest BCUT2D eigenvalue weighted by Crippen LogP contribution is -2.21. The van der Waals surface area contributed by atoms with Gasteiger partial charge >= 0.3 is 18.1 Å². The Bertz CT molecular complexity index is 1290. The van der Waals surface area contributed by atoms with Gasteiger partial charge in [-0.2, -0.15) is 13.2 Å². The molecule has 0 radical (unpaired) electrons. The van der Waals surface area contributed by atoms with Crippen LogP contribution in [0.1, 0.15) is 10.4 Å². The second-order valence-corrected chi connectivity index (χ2v) is 6.76. The van der Waals surface area contributed by atoms with Gasteiger partial charge in [-0.15, -0.1) is 0 Å². The molecule has 3 aromatic carbocycles. The van der Waals surface area contributed by atoms with Gasteiger partial charge in [-0.3, -0.25) is 4.98 Å². The molecule has 0 amide bonds. The van der Waals surface area contributed by atoms with Crippen molar-refractivity contribution in [1.82, 2.24) is 4.98 Å².